The van der Waals surface area contributed by atoms with Crippen molar-refractivity contribution in [3.8, 4) is 0 Å². The largest absolute Gasteiger partial charge is 0.479 e. The van der Waals surface area contributed by atoms with Gasteiger partial charge in [-0.15, -0.1) is 0 Å². The van der Waals surface area contributed by atoms with Gasteiger partial charge in [0.2, 0.25) is 0 Å². The highest BCUT2D eigenvalue weighted by atomic mass is 16.4. The van der Waals surface area contributed by atoms with Crippen LogP contribution in [-0.2, 0) is 10.3 Å². The lowest BCUT2D eigenvalue weighted by Crippen LogP contribution is -2.53. The Morgan fingerprint density at radius 3 is 2.70 bits per heavy atom. The van der Waals surface area contributed by atoms with Crippen molar-refractivity contribution in [3.63, 3.8) is 0 Å². The van der Waals surface area contributed by atoms with Crippen LogP contribution in [0.5, 0.6) is 0 Å². The van der Waals surface area contributed by atoms with Crippen LogP contribution in [0.4, 0.5) is 4.79 Å². The summed E-state index contributed by atoms with van der Waals surface area (Å²) < 4.78 is 5.12. The summed E-state index contributed by atoms with van der Waals surface area (Å²) in [5.41, 5.74) is -1.57. The van der Waals surface area contributed by atoms with E-state index in [0.717, 1.165) is 12.8 Å². The van der Waals surface area contributed by atoms with Crippen LogP contribution in [0.25, 0.3) is 0 Å². The van der Waals surface area contributed by atoms with Crippen LogP contribution in [0.15, 0.2) is 22.8 Å². The molecule has 2 amide bonds. The van der Waals surface area contributed by atoms with Crippen molar-refractivity contribution < 1.29 is 19.1 Å². The molecule has 1 saturated carbocycles. The normalized spacial score (nSPS) is 18.4. The molecule has 1 aliphatic rings. The maximum atomic E-state index is 11.9. The van der Waals surface area contributed by atoms with Gasteiger partial charge < -0.3 is 20.2 Å². The van der Waals surface area contributed by atoms with Crippen molar-refractivity contribution in [1.29, 1.82) is 0 Å². The van der Waals surface area contributed by atoms with Crippen LogP contribution < -0.4 is 10.6 Å². The number of aliphatic carboxylic acids is 1. The maximum absolute atomic E-state index is 11.9. The Kier molecular flexibility index (Phi) is 4.32. The number of urea groups is 1. The highest BCUT2D eigenvalue weighted by molar-refractivity contribution is 5.86. The predicted molar refractivity (Wildman–Crippen MR) is 72.2 cm³/mol. The number of carboxylic acids is 1. The third-order valence-corrected chi connectivity index (χ3v) is 3.83. The van der Waals surface area contributed by atoms with E-state index in [1.807, 2.05) is 0 Å². The molecule has 1 aliphatic carbocycles. The quantitative estimate of drug-likeness (QED) is 0.770. The second kappa shape index (κ2) is 5.98. The maximum Gasteiger partial charge on any atom is 0.337 e. The molecule has 1 unspecified atom stereocenters. The first kappa shape index (κ1) is 14.4. The van der Waals surface area contributed by atoms with E-state index >= 15 is 0 Å². The first-order chi connectivity index (χ1) is 9.52. The SMILES string of the molecule is CC(NC(=O)NCC1CCCC1)(C(=O)O)c1ccco1. The minimum Gasteiger partial charge on any atom is -0.479 e. The Hall–Kier alpha value is -1.98. The second-order valence-electron chi connectivity index (χ2n) is 5.39. The number of rotatable bonds is 5. The number of amides is 2. The molecule has 0 radical (unpaired) electrons. The first-order valence-corrected chi connectivity index (χ1v) is 6.86. The summed E-state index contributed by atoms with van der Waals surface area (Å²) in [4.78, 5) is 23.3. The molecule has 2 rings (SSSR count). The van der Waals surface area contributed by atoms with Crippen LogP contribution in [-0.4, -0.2) is 23.7 Å². The highest BCUT2D eigenvalue weighted by Crippen LogP contribution is 2.24. The fourth-order valence-corrected chi connectivity index (χ4v) is 2.51. The molecular weight excluding hydrogens is 260 g/mol. The Morgan fingerprint density at radius 2 is 2.15 bits per heavy atom. The van der Waals surface area contributed by atoms with Gasteiger partial charge in [0.1, 0.15) is 5.76 Å². The fraction of sp³-hybridized carbons (Fsp3) is 0.571. The van der Waals surface area contributed by atoms with E-state index in [1.54, 1.807) is 6.07 Å². The van der Waals surface area contributed by atoms with E-state index in [-0.39, 0.29) is 5.76 Å². The Morgan fingerprint density at radius 1 is 1.45 bits per heavy atom. The number of hydrogen-bond donors (Lipinski definition) is 3. The van der Waals surface area contributed by atoms with E-state index in [4.69, 9.17) is 4.42 Å². The predicted octanol–water partition coefficient (Wildman–Crippen LogP) is 2.07. The van der Waals surface area contributed by atoms with Crippen LogP contribution in [0.3, 0.4) is 0 Å². The summed E-state index contributed by atoms with van der Waals surface area (Å²) in [6.07, 6.45) is 6.03. The summed E-state index contributed by atoms with van der Waals surface area (Å²) in [6.45, 7) is 1.99. The number of hydrogen-bond acceptors (Lipinski definition) is 3. The molecule has 0 bridgehead atoms. The van der Waals surface area contributed by atoms with Crippen LogP contribution in [0.1, 0.15) is 38.4 Å². The van der Waals surface area contributed by atoms with Gasteiger partial charge in [-0.2, -0.15) is 0 Å². The summed E-state index contributed by atoms with van der Waals surface area (Å²) in [7, 11) is 0. The van der Waals surface area contributed by atoms with E-state index in [0.29, 0.717) is 12.5 Å². The summed E-state index contributed by atoms with van der Waals surface area (Å²) in [5.74, 6) is -0.468. The number of carbonyl (C=O) groups excluding carboxylic acids is 1. The molecule has 0 saturated heterocycles. The monoisotopic (exact) mass is 280 g/mol. The van der Waals surface area contributed by atoms with Crippen molar-refractivity contribution in [2.75, 3.05) is 6.54 Å². The number of carbonyl (C=O) groups is 2. The third kappa shape index (κ3) is 3.12. The molecule has 1 fully saturated rings. The molecule has 6 nitrogen and oxygen atoms in total. The van der Waals surface area contributed by atoms with Crippen molar-refractivity contribution in [1.82, 2.24) is 10.6 Å². The molecule has 110 valence electrons. The minimum atomic E-state index is -1.57. The van der Waals surface area contributed by atoms with Gasteiger partial charge in [-0.25, -0.2) is 9.59 Å². The van der Waals surface area contributed by atoms with E-state index in [9.17, 15) is 14.7 Å². The third-order valence-electron chi connectivity index (χ3n) is 3.83. The van der Waals surface area contributed by atoms with E-state index < -0.39 is 17.5 Å². The van der Waals surface area contributed by atoms with Crippen LogP contribution in [0.2, 0.25) is 0 Å². The van der Waals surface area contributed by atoms with Gasteiger partial charge in [-0.05, 0) is 37.8 Å². The van der Waals surface area contributed by atoms with E-state index in [1.165, 1.54) is 32.1 Å². The van der Waals surface area contributed by atoms with Crippen molar-refractivity contribution >= 4 is 12.0 Å². The van der Waals surface area contributed by atoms with Gasteiger partial charge in [-0.3, -0.25) is 0 Å². The summed E-state index contributed by atoms with van der Waals surface area (Å²) >= 11 is 0. The molecule has 0 aliphatic heterocycles. The zero-order valence-corrected chi connectivity index (χ0v) is 11.5. The number of furan rings is 1. The highest BCUT2D eigenvalue weighted by Gasteiger charge is 2.39. The molecule has 1 heterocycles. The molecule has 6 heteroatoms. The van der Waals surface area contributed by atoms with Crippen LogP contribution >= 0.6 is 0 Å². The average Bonchev–Trinajstić information content (AvgIpc) is 3.09. The minimum absolute atomic E-state index is 0.195. The van der Waals surface area contributed by atoms with Gasteiger partial charge in [0.05, 0.1) is 6.26 Å². The second-order valence-corrected chi connectivity index (χ2v) is 5.39. The molecule has 3 N–H and O–H groups in total. The van der Waals surface area contributed by atoms with Gasteiger partial charge in [0.25, 0.3) is 0 Å². The van der Waals surface area contributed by atoms with E-state index in [2.05, 4.69) is 10.6 Å². The first-order valence-electron chi connectivity index (χ1n) is 6.86. The van der Waals surface area contributed by atoms with Crippen molar-refractivity contribution in [2.24, 2.45) is 5.92 Å². The van der Waals surface area contributed by atoms with Gasteiger partial charge in [0, 0.05) is 6.54 Å². The molecule has 0 aromatic carbocycles. The molecule has 0 spiro atoms. The van der Waals surface area contributed by atoms with Gasteiger partial charge in [-0.1, -0.05) is 12.8 Å². The zero-order valence-electron chi connectivity index (χ0n) is 11.5. The Balaban J connectivity index is 1.94. The van der Waals surface area contributed by atoms with Gasteiger partial charge >= 0.3 is 12.0 Å². The topological polar surface area (TPSA) is 91.6 Å². The Labute approximate surface area is 117 Å². The molecular formula is C14H20N2O4. The standard InChI is InChI=1S/C14H20N2O4/c1-14(12(17)18,11-7-4-8-20-11)16-13(19)15-9-10-5-2-3-6-10/h4,7-8,10H,2-3,5-6,9H2,1H3,(H,17,18)(H2,15,16,19). The molecule has 1 aromatic rings. The zero-order chi connectivity index (χ0) is 14.6. The molecule has 1 aromatic heterocycles. The fourth-order valence-electron chi connectivity index (χ4n) is 2.51. The summed E-state index contributed by atoms with van der Waals surface area (Å²) in [5, 5.41) is 14.5. The Bertz CT molecular complexity index is 466. The molecule has 1 atom stereocenters. The average molecular weight is 280 g/mol. The number of carboxylic acid groups (broad SMARTS) is 1. The lowest BCUT2D eigenvalue weighted by Gasteiger charge is -2.24. The smallest absolute Gasteiger partial charge is 0.337 e. The van der Waals surface area contributed by atoms with Crippen molar-refractivity contribution in [3.05, 3.63) is 24.2 Å². The van der Waals surface area contributed by atoms with Crippen LogP contribution in [0, 0.1) is 5.92 Å². The summed E-state index contributed by atoms with van der Waals surface area (Å²) in [6, 6.07) is 2.64. The van der Waals surface area contributed by atoms with Gasteiger partial charge in [0.15, 0.2) is 5.54 Å². The lowest BCUT2D eigenvalue weighted by atomic mass is 9.99. The van der Waals surface area contributed by atoms with Crippen molar-refractivity contribution in [2.45, 2.75) is 38.1 Å². The lowest BCUT2D eigenvalue weighted by molar-refractivity contribution is -0.144. The number of nitrogens with one attached hydrogen (secondary N) is 2. The molecule has 20 heavy (non-hydrogen) atoms.